The smallest absolute Gasteiger partial charge is 0.316 e. The van der Waals surface area contributed by atoms with Gasteiger partial charge in [-0.15, -0.1) is 0 Å². The number of sulfonamides is 1. The van der Waals surface area contributed by atoms with Crippen molar-refractivity contribution in [2.45, 2.75) is 23.8 Å². The lowest BCUT2D eigenvalue weighted by atomic mass is 10.0. The number of para-hydroxylation sites is 1. The average molecular weight is 481 g/mol. The second kappa shape index (κ2) is 9.05. The summed E-state index contributed by atoms with van der Waals surface area (Å²) < 4.78 is 40.3. The van der Waals surface area contributed by atoms with Crippen molar-refractivity contribution in [3.63, 3.8) is 0 Å². The van der Waals surface area contributed by atoms with Crippen LogP contribution in [0.1, 0.15) is 11.1 Å². The van der Waals surface area contributed by atoms with Crippen molar-refractivity contribution in [1.82, 2.24) is 19.7 Å². The van der Waals surface area contributed by atoms with Gasteiger partial charge in [-0.3, -0.25) is 0 Å². The average Bonchev–Trinajstić information content (AvgIpc) is 3.50. The van der Waals surface area contributed by atoms with Crippen molar-refractivity contribution in [3.8, 4) is 22.9 Å². The molecule has 5 rings (SSSR count). The minimum Gasteiger partial charge on any atom is -0.492 e. The summed E-state index contributed by atoms with van der Waals surface area (Å²) in [5.41, 5.74) is 3.99. The van der Waals surface area contributed by atoms with E-state index in [1.54, 1.807) is 18.5 Å². The van der Waals surface area contributed by atoms with Gasteiger partial charge in [0.15, 0.2) is 0 Å². The van der Waals surface area contributed by atoms with Crippen molar-refractivity contribution in [2.75, 3.05) is 20.3 Å². The maximum absolute atomic E-state index is 13.5. The number of rotatable bonds is 8. The van der Waals surface area contributed by atoms with Crippen molar-refractivity contribution < 1.29 is 23.0 Å². The predicted molar refractivity (Wildman–Crippen MR) is 126 cm³/mol. The summed E-state index contributed by atoms with van der Waals surface area (Å²) >= 11 is 0. The minimum atomic E-state index is -4.01. The molecule has 0 radical (unpaired) electrons. The van der Waals surface area contributed by atoms with Crippen LogP contribution in [0.3, 0.4) is 0 Å². The zero-order chi connectivity index (χ0) is 23.7. The number of methoxy groups -OCH3 is 1. The first kappa shape index (κ1) is 22.3. The number of benzene rings is 2. The van der Waals surface area contributed by atoms with Crippen LogP contribution in [0.25, 0.3) is 22.0 Å². The summed E-state index contributed by atoms with van der Waals surface area (Å²) in [5.74, 6) is 0.342. The van der Waals surface area contributed by atoms with E-state index in [1.165, 1.54) is 7.11 Å². The molecule has 2 aromatic heterocycles. The van der Waals surface area contributed by atoms with Crippen molar-refractivity contribution in [1.29, 1.82) is 0 Å². The van der Waals surface area contributed by atoms with Gasteiger partial charge in [0.2, 0.25) is 10.0 Å². The Hall–Kier alpha value is -3.47. The lowest BCUT2D eigenvalue weighted by Gasteiger charge is -2.18. The SMILES string of the molecule is COc1ncc(-c2cc3c(c(S(=O)(=O)N[C@@H](CO)Cc4c[nH]c5ccccc45)c2)OCC3)cn1. The van der Waals surface area contributed by atoms with Crippen LogP contribution in [0.15, 0.2) is 59.9 Å². The summed E-state index contributed by atoms with van der Waals surface area (Å²) in [6.45, 7) is 0.0486. The number of hydrogen-bond acceptors (Lipinski definition) is 7. The third-order valence-corrected chi connectivity index (χ3v) is 7.39. The van der Waals surface area contributed by atoms with Crippen LogP contribution in [-0.2, 0) is 22.9 Å². The Bertz CT molecular complexity index is 1430. The molecule has 2 aromatic carbocycles. The van der Waals surface area contributed by atoms with E-state index in [0.29, 0.717) is 36.3 Å². The zero-order valence-corrected chi connectivity index (χ0v) is 19.3. The maximum atomic E-state index is 13.5. The summed E-state index contributed by atoms with van der Waals surface area (Å²) in [5, 5.41) is 11.0. The summed E-state index contributed by atoms with van der Waals surface area (Å²) in [6, 6.07) is 10.7. The number of aliphatic hydroxyl groups is 1. The standard InChI is InChI=1S/C24H24N4O5S/c1-32-24-26-12-18(13-27-24)16-8-15-6-7-33-23(15)22(10-16)34(30,31)28-19(14-29)9-17-11-25-21-5-3-2-4-20(17)21/h2-5,8,10-13,19,25,28-29H,6-7,9,14H2,1H3/t19-/m1/s1. The Morgan fingerprint density at radius 3 is 2.76 bits per heavy atom. The minimum absolute atomic E-state index is 0.0331. The predicted octanol–water partition coefficient (Wildman–Crippen LogP) is 2.45. The number of aliphatic hydroxyl groups excluding tert-OH is 1. The van der Waals surface area contributed by atoms with E-state index in [0.717, 1.165) is 22.0 Å². The zero-order valence-electron chi connectivity index (χ0n) is 18.5. The van der Waals surface area contributed by atoms with Gasteiger partial charge in [0.05, 0.1) is 20.3 Å². The number of aromatic amines is 1. The molecule has 0 aliphatic carbocycles. The van der Waals surface area contributed by atoms with Gasteiger partial charge in [-0.25, -0.2) is 23.1 Å². The molecule has 3 N–H and O–H groups in total. The van der Waals surface area contributed by atoms with Crippen molar-refractivity contribution in [2.24, 2.45) is 0 Å². The molecule has 1 atom stereocenters. The van der Waals surface area contributed by atoms with Crippen LogP contribution in [0, 0.1) is 0 Å². The number of hydrogen-bond donors (Lipinski definition) is 3. The van der Waals surface area contributed by atoms with Gasteiger partial charge in [0.1, 0.15) is 10.6 Å². The Morgan fingerprint density at radius 2 is 2.00 bits per heavy atom. The molecule has 1 aliphatic rings. The quantitative estimate of drug-likeness (QED) is 0.354. The van der Waals surface area contributed by atoms with Gasteiger partial charge < -0.3 is 19.6 Å². The Balaban J connectivity index is 1.47. The highest BCUT2D eigenvalue weighted by molar-refractivity contribution is 7.89. The molecule has 0 amide bonds. The number of nitrogens with zero attached hydrogens (tertiary/aromatic N) is 2. The Morgan fingerprint density at radius 1 is 1.21 bits per heavy atom. The van der Waals surface area contributed by atoms with Crippen LogP contribution in [0.4, 0.5) is 0 Å². The molecule has 10 heteroatoms. The van der Waals surface area contributed by atoms with Gasteiger partial charge in [-0.2, -0.15) is 0 Å². The molecule has 176 valence electrons. The molecular weight excluding hydrogens is 456 g/mol. The highest BCUT2D eigenvalue weighted by Crippen LogP contribution is 2.37. The lowest BCUT2D eigenvalue weighted by Crippen LogP contribution is -2.39. The largest absolute Gasteiger partial charge is 0.492 e. The molecule has 1 aliphatic heterocycles. The van der Waals surface area contributed by atoms with E-state index in [4.69, 9.17) is 9.47 Å². The van der Waals surface area contributed by atoms with Crippen LogP contribution < -0.4 is 14.2 Å². The number of nitrogens with one attached hydrogen (secondary N) is 2. The van der Waals surface area contributed by atoms with Gasteiger partial charge in [0, 0.05) is 47.5 Å². The molecule has 0 unspecified atom stereocenters. The fourth-order valence-corrected chi connectivity index (χ4v) is 5.64. The van der Waals surface area contributed by atoms with Gasteiger partial charge in [-0.1, -0.05) is 18.2 Å². The molecule has 0 fully saturated rings. The van der Waals surface area contributed by atoms with Crippen LogP contribution in [0.2, 0.25) is 0 Å². The van der Waals surface area contributed by atoms with E-state index in [-0.39, 0.29) is 17.5 Å². The van der Waals surface area contributed by atoms with E-state index in [9.17, 15) is 13.5 Å². The van der Waals surface area contributed by atoms with Gasteiger partial charge in [0.25, 0.3) is 0 Å². The first-order chi connectivity index (χ1) is 16.5. The molecule has 0 spiro atoms. The maximum Gasteiger partial charge on any atom is 0.316 e. The Kier molecular flexibility index (Phi) is 5.94. The topological polar surface area (TPSA) is 126 Å². The molecule has 34 heavy (non-hydrogen) atoms. The second-order valence-corrected chi connectivity index (χ2v) is 9.77. The molecule has 9 nitrogen and oxygen atoms in total. The molecular formula is C24H24N4O5S. The fourth-order valence-electron chi connectivity index (χ4n) is 4.20. The van der Waals surface area contributed by atoms with E-state index < -0.39 is 16.1 Å². The number of H-pyrrole nitrogens is 1. The number of aromatic nitrogens is 3. The third-order valence-electron chi connectivity index (χ3n) is 5.87. The van der Waals surface area contributed by atoms with Crippen molar-refractivity contribution in [3.05, 3.63) is 66.1 Å². The highest BCUT2D eigenvalue weighted by Gasteiger charge is 2.29. The molecule has 4 aromatic rings. The lowest BCUT2D eigenvalue weighted by molar-refractivity contribution is 0.256. The second-order valence-electron chi connectivity index (χ2n) is 8.08. The van der Waals surface area contributed by atoms with E-state index in [1.807, 2.05) is 36.5 Å². The van der Waals surface area contributed by atoms with Crippen molar-refractivity contribution >= 4 is 20.9 Å². The first-order valence-electron chi connectivity index (χ1n) is 10.8. The summed E-state index contributed by atoms with van der Waals surface area (Å²) in [7, 11) is -2.53. The third kappa shape index (κ3) is 4.23. The van der Waals surface area contributed by atoms with E-state index in [2.05, 4.69) is 19.7 Å². The molecule has 0 saturated heterocycles. The van der Waals surface area contributed by atoms with Gasteiger partial charge >= 0.3 is 6.01 Å². The number of ether oxygens (including phenoxy) is 2. The molecule has 3 heterocycles. The van der Waals surface area contributed by atoms with Crippen LogP contribution >= 0.6 is 0 Å². The summed E-state index contributed by atoms with van der Waals surface area (Å²) in [4.78, 5) is 11.5. The monoisotopic (exact) mass is 480 g/mol. The Labute approximate surface area is 196 Å². The van der Waals surface area contributed by atoms with E-state index >= 15 is 0 Å². The summed E-state index contributed by atoms with van der Waals surface area (Å²) in [6.07, 6.45) is 5.94. The molecule has 0 saturated carbocycles. The van der Waals surface area contributed by atoms with Crippen LogP contribution in [0.5, 0.6) is 11.8 Å². The highest BCUT2D eigenvalue weighted by atomic mass is 32.2. The van der Waals surface area contributed by atoms with Gasteiger partial charge in [-0.05, 0) is 41.3 Å². The molecule has 0 bridgehead atoms. The first-order valence-corrected chi connectivity index (χ1v) is 12.3. The number of fused-ring (bicyclic) bond motifs is 2. The van der Waals surface area contributed by atoms with Crippen LogP contribution in [-0.4, -0.2) is 54.8 Å². The normalized spacial score (nSPS) is 14.1. The fraction of sp³-hybridized carbons (Fsp3) is 0.250.